The van der Waals surface area contributed by atoms with E-state index in [0.717, 1.165) is 38.8 Å². The standard InChI is InChI=1S/C13H22N2O2/c1-10(11-6-8-14-9-7-11)15-12(16)4-2-3-5-13(15)17/h10-11,14H,2-9H2,1H3. The molecular weight excluding hydrogens is 216 g/mol. The van der Waals surface area contributed by atoms with Crippen LogP contribution in [0.15, 0.2) is 0 Å². The molecule has 1 unspecified atom stereocenters. The first-order chi connectivity index (χ1) is 8.20. The number of nitrogens with zero attached hydrogens (tertiary/aromatic N) is 1. The van der Waals surface area contributed by atoms with Gasteiger partial charge in [0.2, 0.25) is 11.8 Å². The van der Waals surface area contributed by atoms with Gasteiger partial charge in [-0.15, -0.1) is 0 Å². The molecule has 0 radical (unpaired) electrons. The minimum absolute atomic E-state index is 0.0403. The quantitative estimate of drug-likeness (QED) is 0.738. The normalized spacial score (nSPS) is 25.8. The number of hydrogen-bond donors (Lipinski definition) is 1. The minimum Gasteiger partial charge on any atom is -0.317 e. The van der Waals surface area contributed by atoms with Gasteiger partial charge in [0.15, 0.2) is 0 Å². The third-order valence-electron chi connectivity index (χ3n) is 4.04. The van der Waals surface area contributed by atoms with E-state index in [2.05, 4.69) is 5.32 Å². The van der Waals surface area contributed by atoms with Crippen molar-refractivity contribution in [3.05, 3.63) is 0 Å². The van der Waals surface area contributed by atoms with Crippen molar-refractivity contribution in [2.45, 2.75) is 51.5 Å². The van der Waals surface area contributed by atoms with Gasteiger partial charge in [0.05, 0.1) is 0 Å². The van der Waals surface area contributed by atoms with Crippen LogP contribution in [0.5, 0.6) is 0 Å². The van der Waals surface area contributed by atoms with Crippen LogP contribution in [0, 0.1) is 5.92 Å². The number of hydrogen-bond acceptors (Lipinski definition) is 3. The van der Waals surface area contributed by atoms with Gasteiger partial charge in [0.25, 0.3) is 0 Å². The topological polar surface area (TPSA) is 49.4 Å². The number of piperidine rings is 1. The molecule has 2 rings (SSSR count). The van der Waals surface area contributed by atoms with Crippen molar-refractivity contribution < 1.29 is 9.59 Å². The average Bonchev–Trinajstić information content (AvgIpc) is 2.51. The van der Waals surface area contributed by atoms with Gasteiger partial charge in [-0.1, -0.05) is 0 Å². The van der Waals surface area contributed by atoms with Gasteiger partial charge >= 0.3 is 0 Å². The van der Waals surface area contributed by atoms with Crippen LogP contribution in [-0.4, -0.2) is 35.8 Å². The Balaban J connectivity index is 2.06. The molecule has 0 spiro atoms. The summed E-state index contributed by atoms with van der Waals surface area (Å²) in [7, 11) is 0. The summed E-state index contributed by atoms with van der Waals surface area (Å²) in [6.07, 6.45) is 4.94. The van der Waals surface area contributed by atoms with Crippen molar-refractivity contribution in [1.82, 2.24) is 10.2 Å². The van der Waals surface area contributed by atoms with Gasteiger partial charge in [-0.05, 0) is 51.6 Å². The molecule has 17 heavy (non-hydrogen) atoms. The summed E-state index contributed by atoms with van der Waals surface area (Å²) in [5, 5.41) is 3.32. The average molecular weight is 238 g/mol. The highest BCUT2D eigenvalue weighted by Crippen LogP contribution is 2.24. The maximum atomic E-state index is 12.0. The Bertz CT molecular complexity index is 280. The molecule has 0 aliphatic carbocycles. The molecule has 2 heterocycles. The molecule has 4 nitrogen and oxygen atoms in total. The molecule has 1 N–H and O–H groups in total. The Morgan fingerprint density at radius 1 is 1.12 bits per heavy atom. The third kappa shape index (κ3) is 2.86. The fourth-order valence-electron chi connectivity index (χ4n) is 2.92. The Morgan fingerprint density at radius 3 is 2.18 bits per heavy atom. The highest BCUT2D eigenvalue weighted by molar-refractivity contribution is 5.96. The lowest BCUT2D eigenvalue weighted by atomic mass is 9.90. The molecule has 0 saturated carbocycles. The molecule has 2 fully saturated rings. The number of carbonyl (C=O) groups excluding carboxylic acids is 2. The Labute approximate surface area is 103 Å². The smallest absolute Gasteiger partial charge is 0.229 e. The molecule has 1 atom stereocenters. The van der Waals surface area contributed by atoms with E-state index in [9.17, 15) is 9.59 Å². The number of likely N-dealkylation sites (tertiary alicyclic amines) is 1. The maximum Gasteiger partial charge on any atom is 0.229 e. The summed E-state index contributed by atoms with van der Waals surface area (Å²) < 4.78 is 0. The van der Waals surface area contributed by atoms with Gasteiger partial charge < -0.3 is 5.32 Å². The molecule has 2 aliphatic heterocycles. The number of imide groups is 1. The minimum atomic E-state index is 0.0403. The summed E-state index contributed by atoms with van der Waals surface area (Å²) in [5.41, 5.74) is 0. The van der Waals surface area contributed by atoms with Crippen LogP contribution < -0.4 is 5.32 Å². The van der Waals surface area contributed by atoms with E-state index in [1.165, 1.54) is 0 Å². The van der Waals surface area contributed by atoms with Gasteiger partial charge in [0.1, 0.15) is 0 Å². The zero-order chi connectivity index (χ0) is 12.3. The molecule has 0 aromatic rings. The fraction of sp³-hybridized carbons (Fsp3) is 0.846. The van der Waals surface area contributed by atoms with Crippen LogP contribution in [0.25, 0.3) is 0 Å². The lowest BCUT2D eigenvalue weighted by Crippen LogP contribution is -2.48. The van der Waals surface area contributed by atoms with Crippen LogP contribution in [0.2, 0.25) is 0 Å². The van der Waals surface area contributed by atoms with Gasteiger partial charge in [0, 0.05) is 18.9 Å². The van der Waals surface area contributed by atoms with Crippen LogP contribution in [0.3, 0.4) is 0 Å². The van der Waals surface area contributed by atoms with Gasteiger partial charge in [-0.2, -0.15) is 0 Å². The predicted molar refractivity (Wildman–Crippen MR) is 65.4 cm³/mol. The monoisotopic (exact) mass is 238 g/mol. The summed E-state index contributed by atoms with van der Waals surface area (Å²) in [4.78, 5) is 25.6. The number of nitrogens with one attached hydrogen (secondary N) is 1. The van der Waals surface area contributed by atoms with Crippen LogP contribution >= 0.6 is 0 Å². The lowest BCUT2D eigenvalue weighted by Gasteiger charge is -2.35. The first-order valence-electron chi connectivity index (χ1n) is 6.76. The van der Waals surface area contributed by atoms with Crippen molar-refractivity contribution in [2.75, 3.05) is 13.1 Å². The zero-order valence-electron chi connectivity index (χ0n) is 10.6. The highest BCUT2D eigenvalue weighted by Gasteiger charge is 2.33. The van der Waals surface area contributed by atoms with Crippen molar-refractivity contribution in [1.29, 1.82) is 0 Å². The highest BCUT2D eigenvalue weighted by atomic mass is 16.2. The number of amides is 2. The second-order valence-electron chi connectivity index (χ2n) is 5.19. The van der Waals surface area contributed by atoms with Crippen molar-refractivity contribution in [2.24, 2.45) is 5.92 Å². The van der Waals surface area contributed by atoms with E-state index < -0.39 is 0 Å². The van der Waals surface area contributed by atoms with Crippen molar-refractivity contribution >= 4 is 11.8 Å². The molecule has 2 amide bonds. The second-order valence-corrected chi connectivity index (χ2v) is 5.19. The van der Waals surface area contributed by atoms with E-state index in [1.54, 1.807) is 4.90 Å². The van der Waals surface area contributed by atoms with E-state index >= 15 is 0 Å². The third-order valence-corrected chi connectivity index (χ3v) is 4.04. The first-order valence-corrected chi connectivity index (χ1v) is 6.76. The Morgan fingerprint density at radius 2 is 1.65 bits per heavy atom. The van der Waals surface area contributed by atoms with Gasteiger partial charge in [-0.25, -0.2) is 0 Å². The molecular formula is C13H22N2O2. The summed E-state index contributed by atoms with van der Waals surface area (Å²) in [6.45, 7) is 4.05. The Kier molecular flexibility index (Phi) is 4.15. The zero-order valence-corrected chi connectivity index (χ0v) is 10.6. The van der Waals surface area contributed by atoms with Gasteiger partial charge in [-0.3, -0.25) is 14.5 Å². The SMILES string of the molecule is CC(C1CCNCC1)N1C(=O)CCCCC1=O. The van der Waals surface area contributed by atoms with E-state index in [0.29, 0.717) is 18.8 Å². The fourth-order valence-corrected chi connectivity index (χ4v) is 2.92. The lowest BCUT2D eigenvalue weighted by molar-refractivity contribution is -0.147. The molecule has 2 aliphatic rings. The second kappa shape index (κ2) is 5.63. The Hall–Kier alpha value is -0.900. The molecule has 96 valence electrons. The summed E-state index contributed by atoms with van der Waals surface area (Å²) in [5.74, 6) is 0.555. The molecule has 0 aromatic carbocycles. The molecule has 0 bridgehead atoms. The maximum absolute atomic E-state index is 12.0. The number of rotatable bonds is 2. The summed E-state index contributed by atoms with van der Waals surface area (Å²) >= 11 is 0. The van der Waals surface area contributed by atoms with E-state index in [-0.39, 0.29) is 17.9 Å². The molecule has 4 heteroatoms. The van der Waals surface area contributed by atoms with Crippen LogP contribution in [0.4, 0.5) is 0 Å². The van der Waals surface area contributed by atoms with Crippen LogP contribution in [-0.2, 0) is 9.59 Å². The predicted octanol–water partition coefficient (Wildman–Crippen LogP) is 1.30. The van der Waals surface area contributed by atoms with Crippen molar-refractivity contribution in [3.8, 4) is 0 Å². The first kappa shape index (κ1) is 12.6. The molecule has 0 aromatic heterocycles. The van der Waals surface area contributed by atoms with E-state index in [1.807, 2.05) is 6.92 Å². The largest absolute Gasteiger partial charge is 0.317 e. The van der Waals surface area contributed by atoms with Crippen LogP contribution in [0.1, 0.15) is 45.4 Å². The van der Waals surface area contributed by atoms with Crippen molar-refractivity contribution in [3.63, 3.8) is 0 Å². The summed E-state index contributed by atoms with van der Waals surface area (Å²) in [6, 6.07) is 0.0789. The van der Waals surface area contributed by atoms with E-state index in [4.69, 9.17) is 0 Å². The molecule has 2 saturated heterocycles. The number of carbonyl (C=O) groups is 2.